The normalized spacial score (nSPS) is 18.3. The van der Waals surface area contributed by atoms with Crippen LogP contribution in [0.25, 0.3) is 0 Å². The molecule has 90 valence electrons. The molecule has 1 atom stereocenters. The first-order chi connectivity index (χ1) is 8.25. The van der Waals surface area contributed by atoms with Crippen LogP contribution in [0.2, 0.25) is 0 Å². The van der Waals surface area contributed by atoms with Crippen molar-refractivity contribution in [1.29, 1.82) is 0 Å². The quantitative estimate of drug-likeness (QED) is 0.713. The highest BCUT2D eigenvalue weighted by Gasteiger charge is 2.22. The van der Waals surface area contributed by atoms with Crippen molar-refractivity contribution in [1.82, 2.24) is 4.90 Å². The van der Waals surface area contributed by atoms with Crippen LogP contribution in [0.5, 0.6) is 0 Å². The number of hydrogen-bond donors (Lipinski definition) is 0. The van der Waals surface area contributed by atoms with Gasteiger partial charge in [0.15, 0.2) is 0 Å². The number of nitrogens with zero attached hydrogens (tertiary/aromatic N) is 1. The van der Waals surface area contributed by atoms with Gasteiger partial charge in [-0.3, -0.25) is 4.79 Å². The van der Waals surface area contributed by atoms with Gasteiger partial charge in [0.1, 0.15) is 0 Å². The van der Waals surface area contributed by atoms with E-state index in [1.807, 2.05) is 35.2 Å². The zero-order chi connectivity index (χ0) is 12.7. The third-order valence-corrected chi connectivity index (χ3v) is 2.97. The van der Waals surface area contributed by atoms with Crippen LogP contribution >= 0.6 is 0 Å². The molecule has 1 saturated heterocycles. The first-order valence-electron chi connectivity index (χ1n) is 5.91. The summed E-state index contributed by atoms with van der Waals surface area (Å²) in [6.07, 6.45) is 9.70. The van der Waals surface area contributed by atoms with Crippen LogP contribution in [0, 0.1) is 18.8 Å². The Kier molecular flexibility index (Phi) is 5.29. The van der Waals surface area contributed by atoms with E-state index in [-0.39, 0.29) is 5.91 Å². The fourth-order valence-corrected chi connectivity index (χ4v) is 2.04. The average molecular weight is 229 g/mol. The predicted octanol–water partition coefficient (Wildman–Crippen LogP) is 2.35. The van der Waals surface area contributed by atoms with Gasteiger partial charge in [-0.1, -0.05) is 37.3 Å². The molecule has 1 aliphatic rings. The molecule has 0 bridgehead atoms. The fraction of sp³-hybridized carbons (Fsp3) is 0.400. The lowest BCUT2D eigenvalue weighted by Crippen LogP contribution is -2.29. The molecule has 0 spiro atoms. The SMILES string of the molecule is C#C.CC1CCN(C(=O)Cc2ccccc2)C1. The smallest absolute Gasteiger partial charge is 0.226 e. The zero-order valence-electron chi connectivity index (χ0n) is 10.3. The number of carbonyl (C=O) groups is 1. The van der Waals surface area contributed by atoms with Crippen molar-refractivity contribution in [2.45, 2.75) is 19.8 Å². The van der Waals surface area contributed by atoms with Gasteiger partial charge in [-0.15, -0.1) is 12.8 Å². The molecule has 0 saturated carbocycles. The molecule has 1 aromatic carbocycles. The summed E-state index contributed by atoms with van der Waals surface area (Å²) in [5.74, 6) is 0.940. The van der Waals surface area contributed by atoms with E-state index >= 15 is 0 Å². The van der Waals surface area contributed by atoms with E-state index in [9.17, 15) is 4.79 Å². The molecule has 0 N–H and O–H groups in total. The maximum atomic E-state index is 11.9. The predicted molar refractivity (Wildman–Crippen MR) is 70.4 cm³/mol. The van der Waals surface area contributed by atoms with Gasteiger partial charge in [0.2, 0.25) is 5.91 Å². The second-order valence-corrected chi connectivity index (χ2v) is 4.40. The van der Waals surface area contributed by atoms with Crippen molar-refractivity contribution in [3.05, 3.63) is 35.9 Å². The average Bonchev–Trinajstić information content (AvgIpc) is 2.80. The van der Waals surface area contributed by atoms with Crippen molar-refractivity contribution >= 4 is 5.91 Å². The molecule has 0 aromatic heterocycles. The Labute approximate surface area is 104 Å². The first kappa shape index (κ1) is 13.3. The number of rotatable bonds is 2. The summed E-state index contributed by atoms with van der Waals surface area (Å²) < 4.78 is 0. The third-order valence-electron chi connectivity index (χ3n) is 2.97. The second-order valence-electron chi connectivity index (χ2n) is 4.40. The van der Waals surface area contributed by atoms with Crippen molar-refractivity contribution < 1.29 is 4.79 Å². The number of amides is 1. The number of likely N-dealkylation sites (tertiary alicyclic amines) is 1. The third kappa shape index (κ3) is 3.96. The summed E-state index contributed by atoms with van der Waals surface area (Å²) in [4.78, 5) is 13.9. The minimum Gasteiger partial charge on any atom is -0.342 e. The molecule has 17 heavy (non-hydrogen) atoms. The molecule has 1 heterocycles. The van der Waals surface area contributed by atoms with Gasteiger partial charge in [0.05, 0.1) is 6.42 Å². The molecule has 0 aliphatic carbocycles. The first-order valence-corrected chi connectivity index (χ1v) is 5.91. The lowest BCUT2D eigenvalue weighted by molar-refractivity contribution is -0.129. The van der Waals surface area contributed by atoms with E-state index in [4.69, 9.17) is 0 Å². The molecule has 1 aromatic rings. The molecule has 2 heteroatoms. The molecular formula is C15H19NO. The fourth-order valence-electron chi connectivity index (χ4n) is 2.04. The van der Waals surface area contributed by atoms with Gasteiger partial charge < -0.3 is 4.90 Å². The second kappa shape index (κ2) is 6.75. The van der Waals surface area contributed by atoms with Crippen molar-refractivity contribution in [2.24, 2.45) is 5.92 Å². The Hall–Kier alpha value is -1.75. The van der Waals surface area contributed by atoms with Gasteiger partial charge in [0.25, 0.3) is 0 Å². The lowest BCUT2D eigenvalue weighted by Gasteiger charge is -2.15. The van der Waals surface area contributed by atoms with Crippen LogP contribution in [0.1, 0.15) is 18.9 Å². The number of terminal acetylenes is 1. The van der Waals surface area contributed by atoms with E-state index in [2.05, 4.69) is 19.8 Å². The summed E-state index contributed by atoms with van der Waals surface area (Å²) in [5.41, 5.74) is 1.11. The highest BCUT2D eigenvalue weighted by molar-refractivity contribution is 5.79. The maximum Gasteiger partial charge on any atom is 0.226 e. The summed E-state index contributed by atoms with van der Waals surface area (Å²) in [7, 11) is 0. The van der Waals surface area contributed by atoms with E-state index in [0.717, 1.165) is 25.1 Å². The molecule has 0 radical (unpaired) electrons. The number of hydrogen-bond acceptors (Lipinski definition) is 1. The van der Waals surface area contributed by atoms with Crippen molar-refractivity contribution in [3.63, 3.8) is 0 Å². The van der Waals surface area contributed by atoms with E-state index < -0.39 is 0 Å². The van der Waals surface area contributed by atoms with Crippen LogP contribution in [0.4, 0.5) is 0 Å². The van der Waals surface area contributed by atoms with E-state index in [1.54, 1.807) is 0 Å². The van der Waals surface area contributed by atoms with Gasteiger partial charge >= 0.3 is 0 Å². The largest absolute Gasteiger partial charge is 0.342 e. The van der Waals surface area contributed by atoms with E-state index in [1.165, 1.54) is 0 Å². The van der Waals surface area contributed by atoms with Crippen LogP contribution in [-0.2, 0) is 11.2 Å². The standard InChI is InChI=1S/C13H17NO.C2H2/c1-11-7-8-14(10-11)13(15)9-12-5-3-2-4-6-12;1-2/h2-6,11H,7-10H2,1H3;1-2H. The molecule has 1 amide bonds. The topological polar surface area (TPSA) is 20.3 Å². The van der Waals surface area contributed by atoms with E-state index in [0.29, 0.717) is 12.3 Å². The Morgan fingerprint density at radius 2 is 2.00 bits per heavy atom. The Morgan fingerprint density at radius 3 is 2.53 bits per heavy atom. The maximum absolute atomic E-state index is 11.9. The highest BCUT2D eigenvalue weighted by atomic mass is 16.2. The summed E-state index contributed by atoms with van der Waals surface area (Å²) in [5, 5.41) is 0. The Morgan fingerprint density at radius 1 is 1.35 bits per heavy atom. The lowest BCUT2D eigenvalue weighted by atomic mass is 10.1. The molecular weight excluding hydrogens is 210 g/mol. The molecule has 2 rings (SSSR count). The number of carbonyl (C=O) groups excluding carboxylic acids is 1. The molecule has 2 nitrogen and oxygen atoms in total. The van der Waals surface area contributed by atoms with Gasteiger partial charge in [-0.2, -0.15) is 0 Å². The van der Waals surface area contributed by atoms with Gasteiger partial charge in [-0.05, 0) is 17.9 Å². The van der Waals surface area contributed by atoms with Crippen LogP contribution in [0.15, 0.2) is 30.3 Å². The monoisotopic (exact) mass is 229 g/mol. The summed E-state index contributed by atoms with van der Waals surface area (Å²) in [6.45, 7) is 4.08. The van der Waals surface area contributed by atoms with Crippen LogP contribution in [-0.4, -0.2) is 23.9 Å². The summed E-state index contributed by atoms with van der Waals surface area (Å²) in [6, 6.07) is 9.96. The van der Waals surface area contributed by atoms with Crippen molar-refractivity contribution in [3.8, 4) is 12.8 Å². The summed E-state index contributed by atoms with van der Waals surface area (Å²) >= 11 is 0. The van der Waals surface area contributed by atoms with Gasteiger partial charge in [0, 0.05) is 13.1 Å². The Bertz CT molecular complexity index is 369. The molecule has 1 aliphatic heterocycles. The minimum atomic E-state index is 0.269. The molecule has 1 unspecified atom stereocenters. The minimum absolute atomic E-state index is 0.269. The van der Waals surface area contributed by atoms with Gasteiger partial charge in [-0.25, -0.2) is 0 Å². The van der Waals surface area contributed by atoms with Crippen LogP contribution in [0.3, 0.4) is 0 Å². The molecule has 1 fully saturated rings. The highest BCUT2D eigenvalue weighted by Crippen LogP contribution is 2.16. The Balaban J connectivity index is 0.000000686. The van der Waals surface area contributed by atoms with Crippen LogP contribution < -0.4 is 0 Å². The van der Waals surface area contributed by atoms with Crippen molar-refractivity contribution in [2.75, 3.05) is 13.1 Å². The zero-order valence-corrected chi connectivity index (χ0v) is 10.3. The number of benzene rings is 1.